The zero-order valence-electron chi connectivity index (χ0n) is 9.40. The number of aryl methyl sites for hydroxylation is 1. The Morgan fingerprint density at radius 3 is 2.62 bits per heavy atom. The van der Waals surface area contributed by atoms with E-state index in [1.165, 1.54) is 12.3 Å². The summed E-state index contributed by atoms with van der Waals surface area (Å²) >= 11 is 0. The number of nitrogens with one attached hydrogen (secondary N) is 1. The second-order valence-corrected chi connectivity index (χ2v) is 6.28. The van der Waals surface area contributed by atoms with E-state index < -0.39 is 10.0 Å². The topological polar surface area (TPSA) is 71.3 Å². The van der Waals surface area contributed by atoms with Crippen LogP contribution in [0.2, 0.25) is 0 Å². The van der Waals surface area contributed by atoms with Crippen LogP contribution in [0.1, 0.15) is 25.5 Å². The minimum absolute atomic E-state index is 0.163. The van der Waals surface area contributed by atoms with Crippen molar-refractivity contribution < 1.29 is 13.5 Å². The van der Waals surface area contributed by atoms with E-state index in [0.29, 0.717) is 5.69 Å². The molecule has 1 aliphatic carbocycles. The molecular weight excluding hydrogens is 228 g/mol. The highest BCUT2D eigenvalue weighted by Crippen LogP contribution is 2.36. The monoisotopic (exact) mass is 244 g/mol. The maximum atomic E-state index is 12.0. The second kappa shape index (κ2) is 3.58. The van der Waals surface area contributed by atoms with Crippen LogP contribution in [0.25, 0.3) is 0 Å². The van der Waals surface area contributed by atoms with E-state index in [4.69, 9.17) is 5.11 Å². The highest BCUT2D eigenvalue weighted by molar-refractivity contribution is 7.89. The summed E-state index contributed by atoms with van der Waals surface area (Å²) in [4.78, 5) is 0.215. The third kappa shape index (κ3) is 2.14. The van der Waals surface area contributed by atoms with Crippen molar-refractivity contribution in [1.82, 2.24) is 9.29 Å². The molecule has 16 heavy (non-hydrogen) atoms. The minimum Gasteiger partial charge on any atom is -0.390 e. The Kier molecular flexibility index (Phi) is 2.60. The summed E-state index contributed by atoms with van der Waals surface area (Å²) in [6.45, 7) is 1.73. The summed E-state index contributed by atoms with van der Waals surface area (Å²) in [6.07, 6.45) is 3.28. The average Bonchev–Trinajstić information content (AvgIpc) is 2.76. The van der Waals surface area contributed by atoms with E-state index >= 15 is 0 Å². The zero-order chi connectivity index (χ0) is 12.0. The first-order chi connectivity index (χ1) is 7.36. The quantitative estimate of drug-likeness (QED) is 0.802. The van der Waals surface area contributed by atoms with Crippen LogP contribution in [0, 0.1) is 0 Å². The largest absolute Gasteiger partial charge is 0.390 e. The molecule has 0 aromatic carbocycles. The fraction of sp³-hybridized carbons (Fsp3) is 0.600. The lowest BCUT2D eigenvalue weighted by molar-refractivity contribution is 0.272. The van der Waals surface area contributed by atoms with Gasteiger partial charge in [-0.3, -0.25) is 0 Å². The Morgan fingerprint density at radius 1 is 1.56 bits per heavy atom. The molecule has 1 fully saturated rings. The molecular formula is C10H16N2O3S. The summed E-state index contributed by atoms with van der Waals surface area (Å²) in [5.41, 5.74) is 0.315. The number of nitrogens with zero attached hydrogens (tertiary/aromatic N) is 1. The van der Waals surface area contributed by atoms with Gasteiger partial charge in [-0.25, -0.2) is 13.1 Å². The molecule has 1 saturated carbocycles. The van der Waals surface area contributed by atoms with Crippen molar-refractivity contribution in [3.05, 3.63) is 18.0 Å². The smallest absolute Gasteiger partial charge is 0.242 e. The molecule has 0 atom stereocenters. The van der Waals surface area contributed by atoms with Gasteiger partial charge in [0.15, 0.2) is 0 Å². The average molecular weight is 244 g/mol. The summed E-state index contributed by atoms with van der Waals surface area (Å²) in [5.74, 6) is 0. The lowest BCUT2D eigenvalue weighted by atomic mass is 10.4. The van der Waals surface area contributed by atoms with Gasteiger partial charge in [0, 0.05) is 24.5 Å². The van der Waals surface area contributed by atoms with Gasteiger partial charge in [-0.15, -0.1) is 0 Å². The molecule has 1 aromatic heterocycles. The summed E-state index contributed by atoms with van der Waals surface area (Å²) < 4.78 is 28.2. The normalized spacial score (nSPS) is 18.7. The van der Waals surface area contributed by atoms with E-state index in [2.05, 4.69) is 4.72 Å². The zero-order valence-corrected chi connectivity index (χ0v) is 10.2. The molecule has 1 heterocycles. The van der Waals surface area contributed by atoms with Gasteiger partial charge in [0.2, 0.25) is 10.0 Å². The molecule has 1 aromatic rings. The fourth-order valence-corrected chi connectivity index (χ4v) is 3.11. The number of rotatable bonds is 4. The van der Waals surface area contributed by atoms with Gasteiger partial charge >= 0.3 is 0 Å². The second-order valence-electron chi connectivity index (χ2n) is 4.60. The van der Waals surface area contributed by atoms with E-state index in [9.17, 15) is 8.42 Å². The van der Waals surface area contributed by atoms with Crippen LogP contribution < -0.4 is 4.72 Å². The molecule has 0 amide bonds. The van der Waals surface area contributed by atoms with E-state index in [1.807, 2.05) is 6.92 Å². The van der Waals surface area contributed by atoms with Gasteiger partial charge in [0.05, 0.1) is 11.5 Å². The fourth-order valence-electron chi connectivity index (χ4n) is 1.55. The Morgan fingerprint density at radius 2 is 2.19 bits per heavy atom. The highest BCUT2D eigenvalue weighted by atomic mass is 32.2. The summed E-state index contributed by atoms with van der Waals surface area (Å²) in [5, 5.41) is 9.01. The van der Waals surface area contributed by atoms with Gasteiger partial charge < -0.3 is 9.67 Å². The van der Waals surface area contributed by atoms with Gasteiger partial charge in [0.1, 0.15) is 0 Å². The number of aromatic nitrogens is 1. The number of hydrogen-bond acceptors (Lipinski definition) is 3. The third-order valence-corrected chi connectivity index (χ3v) is 4.54. The maximum absolute atomic E-state index is 12.0. The first kappa shape index (κ1) is 11.6. The van der Waals surface area contributed by atoms with Crippen LogP contribution in [0.3, 0.4) is 0 Å². The molecule has 6 heteroatoms. The van der Waals surface area contributed by atoms with Crippen LogP contribution in [-0.4, -0.2) is 23.6 Å². The number of aliphatic hydroxyl groups is 1. The predicted molar refractivity (Wildman–Crippen MR) is 59.3 cm³/mol. The van der Waals surface area contributed by atoms with Crippen molar-refractivity contribution in [3.63, 3.8) is 0 Å². The lowest BCUT2D eigenvalue weighted by Gasteiger charge is -2.10. The molecule has 0 unspecified atom stereocenters. The molecule has 0 radical (unpaired) electrons. The van der Waals surface area contributed by atoms with Crippen molar-refractivity contribution in [2.45, 2.75) is 36.8 Å². The highest BCUT2D eigenvalue weighted by Gasteiger charge is 2.41. The van der Waals surface area contributed by atoms with Crippen LogP contribution in [-0.2, 0) is 23.7 Å². The molecule has 2 rings (SSSR count). The molecule has 0 saturated heterocycles. The summed E-state index contributed by atoms with van der Waals surface area (Å²) in [6, 6.07) is 1.49. The number of sulfonamides is 1. The molecule has 90 valence electrons. The van der Waals surface area contributed by atoms with Crippen LogP contribution in [0.15, 0.2) is 17.2 Å². The first-order valence-corrected chi connectivity index (χ1v) is 6.65. The Balaban J connectivity index is 2.28. The van der Waals surface area contributed by atoms with Crippen LogP contribution in [0.4, 0.5) is 0 Å². The van der Waals surface area contributed by atoms with Gasteiger partial charge in [-0.2, -0.15) is 0 Å². The number of hydrogen-bond donors (Lipinski definition) is 2. The number of aliphatic hydroxyl groups excluding tert-OH is 1. The van der Waals surface area contributed by atoms with Crippen molar-refractivity contribution in [2.75, 3.05) is 0 Å². The lowest BCUT2D eigenvalue weighted by Crippen LogP contribution is -2.34. The van der Waals surface area contributed by atoms with Crippen molar-refractivity contribution >= 4 is 10.0 Å². The van der Waals surface area contributed by atoms with Crippen molar-refractivity contribution in [1.29, 1.82) is 0 Å². The molecule has 0 spiro atoms. The molecule has 1 aliphatic rings. The third-order valence-electron chi connectivity index (χ3n) is 2.94. The van der Waals surface area contributed by atoms with Crippen LogP contribution >= 0.6 is 0 Å². The van der Waals surface area contributed by atoms with E-state index in [1.54, 1.807) is 11.6 Å². The molecule has 0 bridgehead atoms. The van der Waals surface area contributed by atoms with E-state index in [0.717, 1.165) is 12.8 Å². The van der Waals surface area contributed by atoms with Gasteiger partial charge in [-0.05, 0) is 25.8 Å². The Labute approximate surface area is 95.1 Å². The molecule has 5 nitrogen and oxygen atoms in total. The minimum atomic E-state index is -3.45. The van der Waals surface area contributed by atoms with E-state index in [-0.39, 0.29) is 17.0 Å². The van der Waals surface area contributed by atoms with Crippen molar-refractivity contribution in [2.24, 2.45) is 7.05 Å². The van der Waals surface area contributed by atoms with Crippen LogP contribution in [0.5, 0.6) is 0 Å². The summed E-state index contributed by atoms with van der Waals surface area (Å²) in [7, 11) is -1.74. The SMILES string of the molecule is Cn1cc(S(=O)(=O)NC2(C)CC2)cc1CO. The maximum Gasteiger partial charge on any atom is 0.242 e. The Hall–Kier alpha value is -0.850. The van der Waals surface area contributed by atoms with Gasteiger partial charge in [-0.1, -0.05) is 0 Å². The standard InChI is InChI=1S/C10H16N2O3S/c1-10(3-4-10)11-16(14,15)9-5-8(7-13)12(2)6-9/h5-6,11,13H,3-4,7H2,1-2H3. The molecule has 0 aliphatic heterocycles. The Bertz CT molecular complexity index is 500. The first-order valence-electron chi connectivity index (χ1n) is 5.16. The van der Waals surface area contributed by atoms with Crippen molar-refractivity contribution in [3.8, 4) is 0 Å². The molecule has 2 N–H and O–H groups in total. The predicted octanol–water partition coefficient (Wildman–Crippen LogP) is 0.348. The van der Waals surface area contributed by atoms with Gasteiger partial charge in [0.25, 0.3) is 0 Å².